The maximum Gasteiger partial charge on any atom is 0.310 e. The first-order valence-electron chi connectivity index (χ1n) is 9.27. The van der Waals surface area contributed by atoms with Gasteiger partial charge < -0.3 is 8.92 Å². The Kier molecular flexibility index (Phi) is 7.01. The molecule has 1 aromatic carbocycles. The fraction of sp³-hybridized carbons (Fsp3) is 0.667. The van der Waals surface area contributed by atoms with Crippen molar-refractivity contribution in [2.45, 2.75) is 39.0 Å². The summed E-state index contributed by atoms with van der Waals surface area (Å²) < 4.78 is 11.8. The zero-order valence-electron chi connectivity index (χ0n) is 17.0. The van der Waals surface area contributed by atoms with Crippen LogP contribution in [0.5, 0.6) is 0 Å². The molecule has 0 amide bonds. The van der Waals surface area contributed by atoms with E-state index in [4.69, 9.17) is 8.92 Å². The molecule has 26 heavy (non-hydrogen) atoms. The average molecular weight is 380 g/mol. The Hall–Kier alpha value is -1.22. The smallest absolute Gasteiger partial charge is 0.310 e. The topological polar surface area (TPSA) is 38.8 Å². The van der Waals surface area contributed by atoms with Crippen LogP contribution in [0.1, 0.15) is 33.3 Å². The number of hydrogen-bond acceptors (Lipinski definition) is 4. The fourth-order valence-electron chi connectivity index (χ4n) is 2.95. The van der Waals surface area contributed by atoms with Gasteiger partial charge in [0.05, 0.1) is 19.1 Å². The van der Waals surface area contributed by atoms with E-state index in [1.54, 1.807) is 0 Å². The van der Waals surface area contributed by atoms with Crippen LogP contribution in [0.25, 0.3) is 0 Å². The fourth-order valence-corrected chi connectivity index (χ4v) is 3.81. The lowest BCUT2D eigenvalue weighted by Crippen LogP contribution is -2.31. The summed E-state index contributed by atoms with van der Waals surface area (Å²) in [5.41, 5.74) is 1.19. The van der Waals surface area contributed by atoms with E-state index in [9.17, 15) is 4.79 Å². The zero-order valence-corrected chi connectivity index (χ0v) is 17.8. The van der Waals surface area contributed by atoms with Crippen LogP contribution in [-0.2, 0) is 20.3 Å². The molecular formula is C21H33NO3S. The summed E-state index contributed by atoms with van der Waals surface area (Å²) in [6, 6.07) is 11.8. The predicted molar refractivity (Wildman–Crippen MR) is 108 cm³/mol. The van der Waals surface area contributed by atoms with Gasteiger partial charge in [0.1, 0.15) is 0 Å². The van der Waals surface area contributed by atoms with Gasteiger partial charge in [0.15, 0.2) is 0 Å². The lowest BCUT2D eigenvalue weighted by molar-refractivity contribution is -0.149. The van der Waals surface area contributed by atoms with Crippen molar-refractivity contribution in [1.82, 2.24) is 4.90 Å². The Labute approximate surface area is 160 Å². The second kappa shape index (κ2) is 8.65. The number of esters is 1. The number of carbonyl (C=O) groups excluding carboxylic acids is 1. The molecule has 146 valence electrons. The van der Waals surface area contributed by atoms with E-state index in [0.717, 1.165) is 19.6 Å². The number of ether oxygens (including phenoxy) is 1. The average Bonchev–Trinajstić information content (AvgIpc) is 2.96. The van der Waals surface area contributed by atoms with E-state index in [2.05, 4.69) is 50.3 Å². The van der Waals surface area contributed by atoms with E-state index < -0.39 is 10.3 Å². The van der Waals surface area contributed by atoms with Crippen LogP contribution in [-0.4, -0.2) is 54.4 Å². The Morgan fingerprint density at radius 1 is 1.31 bits per heavy atom. The molecule has 0 N–H and O–H groups in total. The largest absolute Gasteiger partial charge is 0.466 e. The molecule has 0 spiro atoms. The van der Waals surface area contributed by atoms with E-state index in [-0.39, 0.29) is 22.6 Å². The van der Waals surface area contributed by atoms with Gasteiger partial charge in [-0.05, 0) is 43.2 Å². The molecule has 0 aromatic heterocycles. The van der Waals surface area contributed by atoms with Gasteiger partial charge in [0.2, 0.25) is 0 Å². The van der Waals surface area contributed by atoms with Crippen molar-refractivity contribution in [2.75, 3.05) is 38.8 Å². The van der Waals surface area contributed by atoms with Gasteiger partial charge in [0.25, 0.3) is 0 Å². The lowest BCUT2D eigenvalue weighted by Gasteiger charge is -2.44. The monoisotopic (exact) mass is 379 g/mol. The summed E-state index contributed by atoms with van der Waals surface area (Å²) in [6.45, 7) is 11.9. The summed E-state index contributed by atoms with van der Waals surface area (Å²) in [6.07, 6.45) is 4.41. The Bertz CT molecular complexity index is 583. The molecule has 2 rings (SSSR count). The molecule has 5 heteroatoms. The highest BCUT2D eigenvalue weighted by Gasteiger charge is 2.40. The molecule has 4 nitrogen and oxygen atoms in total. The van der Waals surface area contributed by atoms with Gasteiger partial charge in [-0.2, -0.15) is 0 Å². The van der Waals surface area contributed by atoms with Crippen molar-refractivity contribution in [3.8, 4) is 0 Å². The Balaban J connectivity index is 2.04. The quantitative estimate of drug-likeness (QED) is 0.677. The molecule has 1 aliphatic heterocycles. The van der Waals surface area contributed by atoms with E-state index in [0.29, 0.717) is 13.2 Å². The van der Waals surface area contributed by atoms with E-state index in [1.165, 1.54) is 5.56 Å². The minimum atomic E-state index is -1.20. The van der Waals surface area contributed by atoms with Gasteiger partial charge in [-0.25, -0.2) is 0 Å². The summed E-state index contributed by atoms with van der Waals surface area (Å²) in [5, 5.41) is 0. The van der Waals surface area contributed by atoms with Gasteiger partial charge in [-0.3, -0.25) is 9.69 Å². The molecule has 2 atom stereocenters. The van der Waals surface area contributed by atoms with Gasteiger partial charge in [-0.1, -0.05) is 32.9 Å². The van der Waals surface area contributed by atoms with E-state index >= 15 is 0 Å². The third-order valence-electron chi connectivity index (χ3n) is 5.29. The maximum absolute atomic E-state index is 12.5. The van der Waals surface area contributed by atoms with Gasteiger partial charge in [0, 0.05) is 30.3 Å². The van der Waals surface area contributed by atoms with Crippen molar-refractivity contribution in [3.05, 3.63) is 35.9 Å². The Morgan fingerprint density at radius 3 is 2.62 bits per heavy atom. The standard InChI is InChI=1S/C21H33NO3S/c1-7-24-20(23)19-15-22(13-17-11-9-8-10-12-17)14-18(19)16-25-26(5,6)21(2,3)4/h9,11-12,18-19H,7,13-16H2,1-6H3/t18-,19?/m0/s1. The van der Waals surface area contributed by atoms with Crippen molar-refractivity contribution in [3.63, 3.8) is 0 Å². The molecule has 1 aliphatic rings. The van der Waals surface area contributed by atoms with Crippen molar-refractivity contribution >= 4 is 16.3 Å². The second-order valence-electron chi connectivity index (χ2n) is 8.28. The molecule has 1 aromatic rings. The second-order valence-corrected chi connectivity index (χ2v) is 12.2. The first-order chi connectivity index (χ1) is 12.1. The highest BCUT2D eigenvalue weighted by atomic mass is 32.3. The first kappa shape index (κ1) is 21.1. The van der Waals surface area contributed by atoms with Crippen molar-refractivity contribution in [1.29, 1.82) is 0 Å². The third-order valence-corrected chi connectivity index (χ3v) is 8.96. The molecule has 1 unspecified atom stereocenters. The summed E-state index contributed by atoms with van der Waals surface area (Å²) >= 11 is 0. The van der Waals surface area contributed by atoms with Crippen LogP contribution in [0.3, 0.4) is 0 Å². The minimum absolute atomic E-state index is 0.0971. The molecule has 0 aliphatic carbocycles. The number of carbonyl (C=O) groups is 1. The minimum Gasteiger partial charge on any atom is -0.466 e. The number of nitrogens with zero attached hydrogens (tertiary/aromatic N) is 1. The molecule has 0 saturated carbocycles. The first-order valence-corrected chi connectivity index (χ1v) is 11.6. The molecule has 0 bridgehead atoms. The lowest BCUT2D eigenvalue weighted by atomic mass is 9.97. The normalized spacial score (nSPS) is 22.1. The van der Waals surface area contributed by atoms with Crippen LogP contribution in [0.2, 0.25) is 0 Å². The zero-order chi connectivity index (χ0) is 19.4. The van der Waals surface area contributed by atoms with E-state index in [1.807, 2.05) is 25.1 Å². The summed E-state index contributed by atoms with van der Waals surface area (Å²) in [5.74, 6) is -0.0491. The van der Waals surface area contributed by atoms with Crippen LogP contribution >= 0.6 is 10.3 Å². The molecule has 0 radical (unpaired) electrons. The highest BCUT2D eigenvalue weighted by molar-refractivity contribution is 8.29. The summed E-state index contributed by atoms with van der Waals surface area (Å²) in [7, 11) is -1.20. The van der Waals surface area contributed by atoms with Crippen molar-refractivity contribution < 1.29 is 13.7 Å². The number of rotatable bonds is 7. The molecular weight excluding hydrogens is 346 g/mol. The van der Waals surface area contributed by atoms with Crippen molar-refractivity contribution in [2.24, 2.45) is 11.8 Å². The predicted octanol–water partition coefficient (Wildman–Crippen LogP) is 3.69. The SMILES string of the molecule is CCOC(=O)C1CN(Cc2cc#ccc2)C[C@H]1COS(C)(C)C(C)(C)C. The summed E-state index contributed by atoms with van der Waals surface area (Å²) in [4.78, 5) is 14.8. The maximum atomic E-state index is 12.5. The molecule has 1 fully saturated rings. The van der Waals surface area contributed by atoms with Crippen LogP contribution < -0.4 is 0 Å². The van der Waals surface area contributed by atoms with Crippen LogP contribution in [0.4, 0.5) is 0 Å². The Morgan fingerprint density at radius 2 is 2.04 bits per heavy atom. The highest BCUT2D eigenvalue weighted by Crippen LogP contribution is 2.54. The third kappa shape index (κ3) is 5.39. The molecule has 1 saturated heterocycles. The van der Waals surface area contributed by atoms with Gasteiger partial charge in [-0.15, -0.1) is 10.3 Å². The number of likely N-dealkylation sites (tertiary alicyclic amines) is 1. The van der Waals surface area contributed by atoms with Crippen LogP contribution in [0.15, 0.2) is 18.2 Å². The van der Waals surface area contributed by atoms with Crippen LogP contribution in [0, 0.1) is 24.0 Å². The molecule has 1 heterocycles. The number of hydrogen-bond donors (Lipinski definition) is 0. The van der Waals surface area contributed by atoms with Gasteiger partial charge >= 0.3 is 5.97 Å².